The first kappa shape index (κ1) is 22.5. The molecule has 0 aromatic carbocycles. The fourth-order valence-corrected chi connectivity index (χ4v) is 9.26. The normalized spacial score (nSPS) is 45.8. The van der Waals surface area contributed by atoms with Gasteiger partial charge in [0.05, 0.1) is 6.61 Å². The lowest BCUT2D eigenvalue weighted by Gasteiger charge is -2.66. The Bertz CT molecular complexity index is 766. The van der Waals surface area contributed by atoms with Gasteiger partial charge in [0.25, 0.3) is 0 Å². The number of fused-ring (bicyclic) bond motifs is 2. The highest BCUT2D eigenvalue weighted by molar-refractivity contribution is 5.86. The van der Waals surface area contributed by atoms with Crippen LogP contribution in [0.3, 0.4) is 0 Å². The van der Waals surface area contributed by atoms with Crippen molar-refractivity contribution in [1.82, 2.24) is 0 Å². The second kappa shape index (κ2) is 8.17. The van der Waals surface area contributed by atoms with E-state index in [1.165, 1.54) is 51.4 Å². The third-order valence-corrected chi connectivity index (χ3v) is 10.2. The van der Waals surface area contributed by atoms with Crippen LogP contribution in [-0.4, -0.2) is 24.1 Å². The van der Waals surface area contributed by atoms with Crippen LogP contribution in [0.5, 0.6) is 0 Å². The number of ether oxygens (including phenoxy) is 2. The molecule has 0 radical (unpaired) electrons. The maximum absolute atomic E-state index is 13.2. The smallest absolute Gasteiger partial charge is 0.333 e. The largest absolute Gasteiger partial charge is 0.462 e. The van der Waals surface area contributed by atoms with E-state index in [1.54, 1.807) is 6.92 Å². The van der Waals surface area contributed by atoms with Gasteiger partial charge in [0.1, 0.15) is 5.60 Å². The zero-order chi connectivity index (χ0) is 22.7. The minimum absolute atomic E-state index is 0.00956. The van der Waals surface area contributed by atoms with E-state index in [-0.39, 0.29) is 17.5 Å². The van der Waals surface area contributed by atoms with Crippen molar-refractivity contribution in [1.29, 1.82) is 0 Å². The van der Waals surface area contributed by atoms with Gasteiger partial charge in [-0.25, -0.2) is 4.79 Å². The number of esters is 2. The topological polar surface area (TPSA) is 52.6 Å². The molecule has 0 heterocycles. The van der Waals surface area contributed by atoms with Crippen molar-refractivity contribution in [2.24, 2.45) is 46.8 Å². The van der Waals surface area contributed by atoms with E-state index in [9.17, 15) is 9.59 Å². The zero-order valence-corrected chi connectivity index (χ0v) is 20.4. The molecule has 6 saturated carbocycles. The Balaban J connectivity index is 1.27. The molecule has 0 saturated heterocycles. The zero-order valence-electron chi connectivity index (χ0n) is 20.4. The summed E-state index contributed by atoms with van der Waals surface area (Å²) in [5.74, 6) is 4.67. The standard InChI is InChI=1S/C28H42O4/c1-17(2)26(30)31-8-6-5-7-25(29)32-28(24-13-20-12-21(24)9-18(20)3)22-10-19-11-23(28)16-27(4,14-19)15-22/h18-24H,1,5-16H2,2-4H3. The van der Waals surface area contributed by atoms with Crippen LogP contribution >= 0.6 is 0 Å². The number of rotatable bonds is 8. The Labute approximate surface area is 193 Å². The summed E-state index contributed by atoms with van der Waals surface area (Å²) in [6, 6.07) is 0. The summed E-state index contributed by atoms with van der Waals surface area (Å²) >= 11 is 0. The molecular weight excluding hydrogens is 400 g/mol. The fourth-order valence-electron chi connectivity index (χ4n) is 9.26. The molecule has 4 heteroatoms. The van der Waals surface area contributed by atoms with Crippen LogP contribution in [0.1, 0.15) is 91.4 Å². The molecule has 0 aliphatic heterocycles. The lowest BCUT2D eigenvalue weighted by atomic mass is 9.42. The number of unbranched alkanes of at least 4 members (excludes halogenated alkanes) is 1. The quantitative estimate of drug-likeness (QED) is 0.259. The Morgan fingerprint density at radius 3 is 2.25 bits per heavy atom. The van der Waals surface area contributed by atoms with Gasteiger partial charge in [-0.15, -0.1) is 0 Å². The van der Waals surface area contributed by atoms with Crippen molar-refractivity contribution in [3.8, 4) is 0 Å². The van der Waals surface area contributed by atoms with E-state index in [4.69, 9.17) is 9.47 Å². The molecule has 6 aliphatic rings. The Morgan fingerprint density at radius 1 is 0.969 bits per heavy atom. The van der Waals surface area contributed by atoms with E-state index in [0.717, 1.165) is 23.7 Å². The van der Waals surface area contributed by atoms with Gasteiger partial charge in [0.2, 0.25) is 0 Å². The number of carbonyl (C=O) groups is 2. The lowest BCUT2D eigenvalue weighted by molar-refractivity contribution is -0.248. The first-order valence-corrected chi connectivity index (χ1v) is 13.2. The first-order chi connectivity index (χ1) is 15.2. The van der Waals surface area contributed by atoms with Crippen molar-refractivity contribution >= 4 is 11.9 Å². The van der Waals surface area contributed by atoms with Gasteiger partial charge >= 0.3 is 11.9 Å². The fraction of sp³-hybridized carbons (Fsp3) is 0.857. The van der Waals surface area contributed by atoms with Crippen molar-refractivity contribution < 1.29 is 19.1 Å². The molecule has 0 aromatic rings. The number of carbonyl (C=O) groups excluding carboxylic acids is 2. The molecule has 6 fully saturated rings. The molecule has 6 bridgehead atoms. The average Bonchev–Trinajstić information content (AvgIpc) is 3.29. The minimum Gasteiger partial charge on any atom is -0.462 e. The predicted molar refractivity (Wildman–Crippen MR) is 124 cm³/mol. The maximum Gasteiger partial charge on any atom is 0.333 e. The van der Waals surface area contributed by atoms with Crippen LogP contribution in [-0.2, 0) is 19.1 Å². The molecule has 4 nitrogen and oxygen atoms in total. The van der Waals surface area contributed by atoms with Gasteiger partial charge in [-0.05, 0) is 100 Å². The van der Waals surface area contributed by atoms with E-state index >= 15 is 0 Å². The minimum atomic E-state index is -0.348. The Morgan fingerprint density at radius 2 is 1.69 bits per heavy atom. The second-order valence-corrected chi connectivity index (χ2v) is 12.7. The van der Waals surface area contributed by atoms with Crippen LogP contribution < -0.4 is 0 Å². The summed E-state index contributed by atoms with van der Waals surface area (Å²) in [4.78, 5) is 24.7. The van der Waals surface area contributed by atoms with E-state index in [2.05, 4.69) is 20.4 Å². The third-order valence-electron chi connectivity index (χ3n) is 10.2. The van der Waals surface area contributed by atoms with E-state index < -0.39 is 0 Å². The molecule has 6 aliphatic carbocycles. The van der Waals surface area contributed by atoms with Crippen LogP contribution in [0.15, 0.2) is 12.2 Å². The molecule has 178 valence electrons. The van der Waals surface area contributed by atoms with Crippen molar-refractivity contribution in [2.45, 2.75) is 97.0 Å². The van der Waals surface area contributed by atoms with Gasteiger partial charge in [-0.1, -0.05) is 20.4 Å². The van der Waals surface area contributed by atoms with Gasteiger partial charge in [-0.2, -0.15) is 0 Å². The van der Waals surface area contributed by atoms with E-state index in [1.807, 2.05) is 0 Å². The Kier molecular flexibility index (Phi) is 5.73. The molecule has 6 atom stereocenters. The summed E-state index contributed by atoms with van der Waals surface area (Å²) in [6.07, 6.45) is 12.3. The summed E-state index contributed by atoms with van der Waals surface area (Å²) in [5, 5.41) is 0. The molecule has 32 heavy (non-hydrogen) atoms. The number of hydrogen-bond acceptors (Lipinski definition) is 4. The van der Waals surface area contributed by atoms with E-state index in [0.29, 0.717) is 54.6 Å². The highest BCUT2D eigenvalue weighted by Gasteiger charge is 2.68. The summed E-state index contributed by atoms with van der Waals surface area (Å²) < 4.78 is 11.9. The molecule has 0 spiro atoms. The first-order valence-electron chi connectivity index (χ1n) is 13.2. The monoisotopic (exact) mass is 442 g/mol. The molecule has 0 amide bonds. The summed E-state index contributed by atoms with van der Waals surface area (Å²) in [6.45, 7) is 10.5. The predicted octanol–water partition coefficient (Wildman–Crippen LogP) is 6.09. The van der Waals surface area contributed by atoms with Gasteiger partial charge < -0.3 is 9.47 Å². The average molecular weight is 443 g/mol. The van der Waals surface area contributed by atoms with Crippen LogP contribution in [0.2, 0.25) is 0 Å². The second-order valence-electron chi connectivity index (χ2n) is 12.7. The van der Waals surface area contributed by atoms with Crippen LogP contribution in [0.4, 0.5) is 0 Å². The highest BCUT2D eigenvalue weighted by Crippen LogP contribution is 2.70. The highest BCUT2D eigenvalue weighted by atomic mass is 16.6. The van der Waals surface area contributed by atoms with Gasteiger partial charge in [0, 0.05) is 29.7 Å². The van der Waals surface area contributed by atoms with Crippen LogP contribution in [0.25, 0.3) is 0 Å². The van der Waals surface area contributed by atoms with Crippen molar-refractivity contribution in [3.05, 3.63) is 12.2 Å². The van der Waals surface area contributed by atoms with Gasteiger partial charge in [-0.3, -0.25) is 4.79 Å². The van der Waals surface area contributed by atoms with Crippen molar-refractivity contribution in [2.75, 3.05) is 6.61 Å². The summed E-state index contributed by atoms with van der Waals surface area (Å²) in [7, 11) is 0. The Hall–Kier alpha value is -1.32. The maximum atomic E-state index is 13.2. The molecule has 6 unspecified atom stereocenters. The third kappa shape index (κ3) is 3.74. The number of hydrogen-bond donors (Lipinski definition) is 0. The van der Waals surface area contributed by atoms with Crippen molar-refractivity contribution in [3.63, 3.8) is 0 Å². The SMILES string of the molecule is C=C(C)C(=O)OCCCCC(=O)OC1(C2CC3CC2CC3C)C2CC3CC1CC(C)(C3)C2. The molecule has 0 N–H and O–H groups in total. The lowest BCUT2D eigenvalue weighted by Crippen LogP contribution is -2.66. The van der Waals surface area contributed by atoms with Crippen LogP contribution in [0, 0.1) is 46.8 Å². The van der Waals surface area contributed by atoms with Gasteiger partial charge in [0.15, 0.2) is 0 Å². The molecular formula is C28H42O4. The molecule has 6 rings (SSSR count). The summed E-state index contributed by atoms with van der Waals surface area (Å²) in [5.41, 5.74) is 0.700. The molecule has 0 aromatic heterocycles.